The van der Waals surface area contributed by atoms with E-state index in [4.69, 9.17) is 10.5 Å². The Bertz CT molecular complexity index is 762. The highest BCUT2D eigenvalue weighted by Gasteiger charge is 2.53. The van der Waals surface area contributed by atoms with E-state index < -0.39 is 5.91 Å². The third kappa shape index (κ3) is 2.81. The first kappa shape index (κ1) is 17.2. The number of primary amides is 1. The SMILES string of the molecule is COC1(c2ccnc(C(N)=O)c2)C2CCCC1CN(Cc1cnc[nH]1)C2. The molecule has 1 saturated carbocycles. The van der Waals surface area contributed by atoms with E-state index in [1.807, 2.05) is 18.3 Å². The van der Waals surface area contributed by atoms with Crippen LogP contribution in [0, 0.1) is 11.8 Å². The number of ether oxygens (including phenoxy) is 1. The zero-order chi connectivity index (χ0) is 18.1. The van der Waals surface area contributed by atoms with Gasteiger partial charge in [-0.25, -0.2) is 4.98 Å². The molecule has 2 fully saturated rings. The van der Waals surface area contributed by atoms with E-state index in [-0.39, 0.29) is 5.60 Å². The summed E-state index contributed by atoms with van der Waals surface area (Å²) in [4.78, 5) is 25.5. The van der Waals surface area contributed by atoms with Crippen molar-refractivity contribution in [3.8, 4) is 0 Å². The van der Waals surface area contributed by atoms with Gasteiger partial charge in [-0.1, -0.05) is 6.42 Å². The van der Waals surface area contributed by atoms with Crippen molar-refractivity contribution in [2.45, 2.75) is 31.4 Å². The maximum atomic E-state index is 11.6. The standard InChI is InChI=1S/C19H25N5O2/c1-26-19(13-5-6-22-17(7-13)18(20)25)14-3-2-4-15(19)10-24(9-14)11-16-8-21-12-23-16/h5-8,12,14-15H,2-4,9-11H2,1H3,(H2,20,25)(H,21,23). The van der Waals surface area contributed by atoms with Gasteiger partial charge in [0, 0.05) is 56.7 Å². The van der Waals surface area contributed by atoms with Crippen LogP contribution < -0.4 is 5.73 Å². The lowest BCUT2D eigenvalue weighted by molar-refractivity contribution is -0.170. The van der Waals surface area contributed by atoms with Crippen LogP contribution in [0.4, 0.5) is 0 Å². The van der Waals surface area contributed by atoms with E-state index in [1.54, 1.807) is 19.6 Å². The molecule has 7 heteroatoms. The molecular formula is C19H25N5O2. The highest BCUT2D eigenvalue weighted by Crippen LogP contribution is 2.51. The van der Waals surface area contributed by atoms with E-state index >= 15 is 0 Å². The molecule has 2 bridgehead atoms. The molecule has 2 aliphatic rings. The number of imidazole rings is 1. The zero-order valence-corrected chi connectivity index (χ0v) is 15.0. The van der Waals surface area contributed by atoms with Crippen LogP contribution in [0.2, 0.25) is 0 Å². The Kier molecular flexibility index (Phi) is 4.50. The Morgan fingerprint density at radius 2 is 2.19 bits per heavy atom. The minimum atomic E-state index is -0.500. The fourth-order valence-corrected chi connectivity index (χ4v) is 5.00. The number of H-pyrrole nitrogens is 1. The largest absolute Gasteiger partial charge is 0.373 e. The second-order valence-electron chi connectivity index (χ2n) is 7.39. The van der Waals surface area contributed by atoms with Gasteiger partial charge >= 0.3 is 0 Å². The normalized spacial score (nSPS) is 28.8. The Balaban J connectivity index is 1.66. The summed E-state index contributed by atoms with van der Waals surface area (Å²) in [5.41, 5.74) is 7.53. The zero-order valence-electron chi connectivity index (χ0n) is 15.0. The van der Waals surface area contributed by atoms with Gasteiger partial charge in [-0.3, -0.25) is 14.7 Å². The molecule has 0 spiro atoms. The van der Waals surface area contributed by atoms with Gasteiger partial charge in [-0.2, -0.15) is 0 Å². The maximum absolute atomic E-state index is 11.6. The third-order valence-corrected chi connectivity index (χ3v) is 6.03. The summed E-state index contributed by atoms with van der Waals surface area (Å²) in [5.74, 6) is 0.233. The molecule has 2 aromatic heterocycles. The number of nitrogens with one attached hydrogen (secondary N) is 1. The predicted octanol–water partition coefficient (Wildman–Crippen LogP) is 1.68. The summed E-state index contributed by atoms with van der Waals surface area (Å²) >= 11 is 0. The number of pyridine rings is 1. The fraction of sp³-hybridized carbons (Fsp3) is 0.526. The predicted molar refractivity (Wildman–Crippen MR) is 96.1 cm³/mol. The number of amides is 1. The van der Waals surface area contributed by atoms with Gasteiger partial charge in [-0.05, 0) is 30.5 Å². The smallest absolute Gasteiger partial charge is 0.267 e. The number of aromatic amines is 1. The summed E-state index contributed by atoms with van der Waals surface area (Å²) in [7, 11) is 1.79. The molecule has 1 aliphatic heterocycles. The second kappa shape index (κ2) is 6.81. The van der Waals surface area contributed by atoms with Crippen LogP contribution in [-0.2, 0) is 16.9 Å². The molecule has 1 saturated heterocycles. The van der Waals surface area contributed by atoms with Crippen LogP contribution in [-0.4, -0.2) is 46.0 Å². The van der Waals surface area contributed by atoms with Crippen LogP contribution in [0.15, 0.2) is 30.9 Å². The van der Waals surface area contributed by atoms with Crippen LogP contribution >= 0.6 is 0 Å². The van der Waals surface area contributed by atoms with E-state index in [0.717, 1.165) is 43.7 Å². The van der Waals surface area contributed by atoms with E-state index in [1.165, 1.54) is 6.42 Å². The molecule has 3 N–H and O–H groups in total. The van der Waals surface area contributed by atoms with Gasteiger partial charge in [-0.15, -0.1) is 0 Å². The van der Waals surface area contributed by atoms with Crippen LogP contribution in [0.5, 0.6) is 0 Å². The summed E-state index contributed by atoms with van der Waals surface area (Å²) in [6.45, 7) is 2.78. The average molecular weight is 355 g/mol. The Hall–Kier alpha value is -2.25. The Labute approximate surface area is 153 Å². The minimum Gasteiger partial charge on any atom is -0.373 e. The average Bonchev–Trinajstić information content (AvgIpc) is 3.14. The van der Waals surface area contributed by atoms with Crippen LogP contribution in [0.1, 0.15) is 41.0 Å². The number of fused-ring (bicyclic) bond motifs is 2. The molecule has 1 aliphatic carbocycles. The molecule has 3 heterocycles. The van der Waals surface area contributed by atoms with Crippen LogP contribution in [0.25, 0.3) is 0 Å². The van der Waals surface area contributed by atoms with Gasteiger partial charge in [0.15, 0.2) is 0 Å². The van der Waals surface area contributed by atoms with E-state index in [9.17, 15) is 4.79 Å². The van der Waals surface area contributed by atoms with E-state index in [0.29, 0.717) is 17.5 Å². The van der Waals surface area contributed by atoms with Crippen molar-refractivity contribution in [3.63, 3.8) is 0 Å². The number of hydrogen-bond acceptors (Lipinski definition) is 5. The van der Waals surface area contributed by atoms with Gasteiger partial charge in [0.1, 0.15) is 11.3 Å². The molecule has 2 unspecified atom stereocenters. The number of rotatable bonds is 5. The molecular weight excluding hydrogens is 330 g/mol. The lowest BCUT2D eigenvalue weighted by Gasteiger charge is -2.55. The highest BCUT2D eigenvalue weighted by molar-refractivity contribution is 5.90. The van der Waals surface area contributed by atoms with Gasteiger partial charge in [0.25, 0.3) is 5.91 Å². The maximum Gasteiger partial charge on any atom is 0.267 e. The number of nitrogens with zero attached hydrogens (tertiary/aromatic N) is 3. The van der Waals surface area contributed by atoms with Crippen molar-refractivity contribution in [1.82, 2.24) is 19.9 Å². The number of aromatic nitrogens is 3. The monoisotopic (exact) mass is 355 g/mol. The summed E-state index contributed by atoms with van der Waals surface area (Å²) < 4.78 is 6.22. The molecule has 7 nitrogen and oxygen atoms in total. The van der Waals surface area contributed by atoms with Crippen molar-refractivity contribution in [3.05, 3.63) is 47.8 Å². The molecule has 138 valence electrons. The number of nitrogens with two attached hydrogens (primary N) is 1. The molecule has 26 heavy (non-hydrogen) atoms. The summed E-state index contributed by atoms with van der Waals surface area (Å²) in [5, 5.41) is 0. The number of carbonyl (C=O) groups is 1. The highest BCUT2D eigenvalue weighted by atomic mass is 16.5. The molecule has 4 rings (SSSR count). The van der Waals surface area contributed by atoms with E-state index in [2.05, 4.69) is 19.9 Å². The first-order chi connectivity index (χ1) is 12.6. The van der Waals surface area contributed by atoms with Gasteiger partial charge < -0.3 is 15.5 Å². The number of piperidine rings is 1. The quantitative estimate of drug-likeness (QED) is 0.850. The molecule has 1 amide bonds. The molecule has 2 aromatic rings. The summed E-state index contributed by atoms with van der Waals surface area (Å²) in [6.07, 6.45) is 8.71. The molecule has 0 radical (unpaired) electrons. The van der Waals surface area contributed by atoms with Crippen molar-refractivity contribution < 1.29 is 9.53 Å². The Morgan fingerprint density at radius 1 is 1.42 bits per heavy atom. The Morgan fingerprint density at radius 3 is 2.81 bits per heavy atom. The molecule has 0 aromatic carbocycles. The lowest BCUT2D eigenvalue weighted by atomic mass is 9.62. The number of likely N-dealkylation sites (tertiary alicyclic amines) is 1. The van der Waals surface area contributed by atoms with Crippen molar-refractivity contribution in [2.24, 2.45) is 17.6 Å². The fourth-order valence-electron chi connectivity index (χ4n) is 5.00. The topological polar surface area (TPSA) is 97.1 Å². The second-order valence-corrected chi connectivity index (χ2v) is 7.39. The van der Waals surface area contributed by atoms with Crippen molar-refractivity contribution in [2.75, 3.05) is 20.2 Å². The van der Waals surface area contributed by atoms with Gasteiger partial charge in [0.05, 0.1) is 6.33 Å². The summed E-state index contributed by atoms with van der Waals surface area (Å²) in [6, 6.07) is 3.80. The van der Waals surface area contributed by atoms with Crippen molar-refractivity contribution in [1.29, 1.82) is 0 Å². The number of carbonyl (C=O) groups excluding carboxylic acids is 1. The van der Waals surface area contributed by atoms with Crippen LogP contribution in [0.3, 0.4) is 0 Å². The van der Waals surface area contributed by atoms with Gasteiger partial charge in [0.2, 0.25) is 0 Å². The van der Waals surface area contributed by atoms with Crippen molar-refractivity contribution >= 4 is 5.91 Å². The first-order valence-electron chi connectivity index (χ1n) is 9.14. The first-order valence-corrected chi connectivity index (χ1v) is 9.14. The molecule has 2 atom stereocenters. The number of hydrogen-bond donors (Lipinski definition) is 2. The minimum absolute atomic E-state index is 0.303. The lowest BCUT2D eigenvalue weighted by Crippen LogP contribution is -2.58. The number of methoxy groups -OCH3 is 1. The third-order valence-electron chi connectivity index (χ3n) is 6.03.